The van der Waals surface area contributed by atoms with Gasteiger partial charge in [-0.2, -0.15) is 16.8 Å². The average molecular weight is 329 g/mol. The molecule has 0 saturated carbocycles. The Morgan fingerprint density at radius 3 is 0.643 bits per heavy atom. The van der Waals surface area contributed by atoms with Crippen molar-refractivity contribution in [2.24, 2.45) is 0 Å². The van der Waals surface area contributed by atoms with Crippen molar-refractivity contribution in [1.29, 1.82) is 0 Å². The Morgan fingerprint density at radius 2 is 0.643 bits per heavy atom. The largest absolute Gasteiger partial charge is 2.00 e. The van der Waals surface area contributed by atoms with Gasteiger partial charge in [-0.25, -0.2) is 0 Å². The Hall–Kier alpha value is 4.55. The first kappa shape index (κ1) is 36.3. The van der Waals surface area contributed by atoms with Crippen molar-refractivity contribution >= 4 is 66.9 Å². The van der Waals surface area contributed by atoms with Gasteiger partial charge in [0, 0.05) is 0 Å². The van der Waals surface area contributed by atoms with Crippen LogP contribution in [0.4, 0.5) is 0 Å². The van der Waals surface area contributed by atoms with Gasteiger partial charge in [0.05, 0.1) is 0 Å². The van der Waals surface area contributed by atoms with Gasteiger partial charge in [-0.3, -0.25) is 18.2 Å². The Kier molecular flexibility index (Phi) is 45.5. The number of hydrogen-bond donors (Lipinski definition) is 4. The second-order valence-corrected chi connectivity index (χ2v) is 2.69. The molecule has 0 bridgehead atoms. The second-order valence-electron chi connectivity index (χ2n) is 0.896. The molecule has 4 N–H and O–H groups in total. The normalized spacial score (nSPS) is 8.29. The van der Waals surface area contributed by atoms with Crippen LogP contribution in [0.5, 0.6) is 0 Å². The van der Waals surface area contributed by atoms with Crippen LogP contribution in [0.15, 0.2) is 0 Å². The van der Waals surface area contributed by atoms with E-state index in [0.29, 0.717) is 0 Å². The van der Waals surface area contributed by atoms with E-state index in [1.165, 1.54) is 0 Å². The molecule has 0 rings (SSSR count). The summed E-state index contributed by atoms with van der Waals surface area (Å²) in [6.45, 7) is 0. The van der Waals surface area contributed by atoms with Gasteiger partial charge in [0.15, 0.2) is 0 Å². The molecule has 0 fully saturated rings. The molecule has 8 nitrogen and oxygen atoms in total. The molecule has 0 aromatic carbocycles. The monoisotopic (exact) mass is 328 g/mol. The van der Waals surface area contributed by atoms with Crippen LogP contribution in [0.3, 0.4) is 0 Å². The Balaban J connectivity index is -0.00000000427. The van der Waals surface area contributed by atoms with Gasteiger partial charge in [0.1, 0.15) is 0 Å². The van der Waals surface area contributed by atoms with E-state index in [-0.39, 0.29) is 157 Å². The maximum absolute atomic E-state index is 8.74. The standard InChI is InChI=1S/2K.2Mg.2H2O4S.6H/c;;;;2*1-5(2,3)4;;;;;;/h;;;;2*(H2,1,2,3,4);;;;;;/q2*+1;2*+2;;;6*-1. The van der Waals surface area contributed by atoms with Crippen LogP contribution in [0.1, 0.15) is 8.56 Å². The molecule has 0 spiro atoms. The van der Waals surface area contributed by atoms with Crippen molar-refractivity contribution in [2.75, 3.05) is 0 Å². The Labute approximate surface area is 208 Å². The maximum atomic E-state index is 8.74. The molecule has 0 amide bonds. The van der Waals surface area contributed by atoms with E-state index in [9.17, 15) is 0 Å². The zero-order valence-corrected chi connectivity index (χ0v) is 18.4. The van der Waals surface area contributed by atoms with Gasteiger partial charge in [0.2, 0.25) is 0 Å². The Bertz CT molecular complexity index is 237. The van der Waals surface area contributed by atoms with Crippen LogP contribution in [0, 0.1) is 0 Å². The maximum Gasteiger partial charge on any atom is 2.00 e. The minimum absolute atomic E-state index is 0. The summed E-state index contributed by atoms with van der Waals surface area (Å²) in [6.07, 6.45) is 0. The summed E-state index contributed by atoms with van der Waals surface area (Å²) in [5.41, 5.74) is 0. The minimum Gasteiger partial charge on any atom is -1.00 e. The van der Waals surface area contributed by atoms with Gasteiger partial charge in [0.25, 0.3) is 0 Å². The van der Waals surface area contributed by atoms with E-state index < -0.39 is 20.8 Å². The quantitative estimate of drug-likeness (QED) is 0.253. The molecule has 0 aromatic heterocycles. The Morgan fingerprint density at radius 1 is 0.643 bits per heavy atom. The second kappa shape index (κ2) is 17.5. The topological polar surface area (TPSA) is 149 Å². The van der Waals surface area contributed by atoms with Gasteiger partial charge in [-0.15, -0.1) is 0 Å². The van der Waals surface area contributed by atoms with Crippen molar-refractivity contribution in [3.63, 3.8) is 0 Å². The van der Waals surface area contributed by atoms with E-state index in [0.717, 1.165) is 0 Å². The van der Waals surface area contributed by atoms with Crippen molar-refractivity contribution in [1.82, 2.24) is 0 Å². The first-order chi connectivity index (χ1) is 4.00. The van der Waals surface area contributed by atoms with Gasteiger partial charge >= 0.3 is 170 Å². The van der Waals surface area contributed by atoms with Gasteiger partial charge in [-0.1, -0.05) is 0 Å². The van der Waals surface area contributed by atoms with E-state index >= 15 is 0 Å². The van der Waals surface area contributed by atoms with E-state index in [1.54, 1.807) is 0 Å². The van der Waals surface area contributed by atoms with E-state index in [2.05, 4.69) is 0 Å². The van der Waals surface area contributed by atoms with Crippen LogP contribution in [0.2, 0.25) is 0 Å². The molecule has 0 atom stereocenters. The third kappa shape index (κ3) is 194. The fourth-order valence-corrected chi connectivity index (χ4v) is 0. The first-order valence-electron chi connectivity index (χ1n) is 1.40. The van der Waals surface area contributed by atoms with Crippen molar-refractivity contribution in [3.8, 4) is 0 Å². The minimum atomic E-state index is -4.67. The molecule has 0 unspecified atom stereocenters. The summed E-state index contributed by atoms with van der Waals surface area (Å²) in [4.78, 5) is 0. The van der Waals surface area contributed by atoms with Crippen LogP contribution < -0.4 is 103 Å². The molecule has 0 aromatic rings. The summed E-state index contributed by atoms with van der Waals surface area (Å²) >= 11 is 0. The van der Waals surface area contributed by atoms with E-state index in [4.69, 9.17) is 35.0 Å². The smallest absolute Gasteiger partial charge is 1.00 e. The third-order valence-electron chi connectivity index (χ3n) is 0. The molecular formula is H10K2Mg2O8S2. The molecule has 0 aliphatic heterocycles. The van der Waals surface area contributed by atoms with Crippen LogP contribution in [-0.4, -0.2) is 81.2 Å². The van der Waals surface area contributed by atoms with Crippen LogP contribution in [-0.2, 0) is 20.8 Å². The number of rotatable bonds is 0. The summed E-state index contributed by atoms with van der Waals surface area (Å²) in [7, 11) is -9.33. The van der Waals surface area contributed by atoms with Crippen molar-refractivity contribution < 1.29 is 146 Å². The molecule has 0 heterocycles. The van der Waals surface area contributed by atoms with Crippen LogP contribution >= 0.6 is 0 Å². The molecule has 0 aliphatic rings. The fourth-order valence-electron chi connectivity index (χ4n) is 0. The number of hydrogen-bond acceptors (Lipinski definition) is 4. The SMILES string of the molecule is O=S(=O)(O)O.O=S(=O)(O)O.[H-].[H-].[H-].[H-].[H-].[H-].[K+].[K+].[Mg+2].[Mg+2]. The predicted molar refractivity (Wildman–Crippen MR) is 46.5 cm³/mol. The molecule has 14 heavy (non-hydrogen) atoms. The predicted octanol–water partition coefficient (Wildman–Crippen LogP) is -7.38. The first-order valence-corrected chi connectivity index (χ1v) is 4.19. The van der Waals surface area contributed by atoms with Crippen molar-refractivity contribution in [2.45, 2.75) is 0 Å². The summed E-state index contributed by atoms with van der Waals surface area (Å²) in [5.74, 6) is 0. The molecular weight excluding hydrogens is 319 g/mol. The molecule has 76 valence electrons. The molecule has 14 heteroatoms. The van der Waals surface area contributed by atoms with Gasteiger partial charge in [-0.05, 0) is 0 Å². The average Bonchev–Trinajstić information content (AvgIpc) is 1.12. The van der Waals surface area contributed by atoms with E-state index in [1.807, 2.05) is 0 Å². The van der Waals surface area contributed by atoms with Gasteiger partial charge < -0.3 is 8.56 Å². The summed E-state index contributed by atoms with van der Waals surface area (Å²) < 4.78 is 63.2. The zero-order valence-electron chi connectivity index (χ0n) is 13.7. The summed E-state index contributed by atoms with van der Waals surface area (Å²) in [6, 6.07) is 0. The summed E-state index contributed by atoms with van der Waals surface area (Å²) in [5, 5.41) is 0. The molecule has 0 saturated heterocycles. The van der Waals surface area contributed by atoms with Crippen LogP contribution in [0.25, 0.3) is 0 Å². The molecule has 0 radical (unpaired) electrons. The zero-order chi connectivity index (χ0) is 9.00. The van der Waals surface area contributed by atoms with Crippen molar-refractivity contribution in [3.05, 3.63) is 0 Å². The third-order valence-corrected chi connectivity index (χ3v) is 0. The fraction of sp³-hybridized carbons (Fsp3) is 0. The molecule has 0 aliphatic carbocycles.